The third kappa shape index (κ3) is 5.96. The predicted octanol–water partition coefficient (Wildman–Crippen LogP) is 3.34. The van der Waals surface area contributed by atoms with Gasteiger partial charge in [0.15, 0.2) is 12.2 Å². The van der Waals surface area contributed by atoms with Crippen LogP contribution in [0, 0.1) is 0 Å². The van der Waals surface area contributed by atoms with Crippen LogP contribution in [0.25, 0.3) is 0 Å². The van der Waals surface area contributed by atoms with Gasteiger partial charge in [-0.25, -0.2) is 9.80 Å². The maximum absolute atomic E-state index is 12.9. The third-order valence-corrected chi connectivity index (χ3v) is 5.84. The molecule has 0 bridgehead atoms. The van der Waals surface area contributed by atoms with E-state index < -0.39 is 17.5 Å². The van der Waals surface area contributed by atoms with Gasteiger partial charge in [-0.05, 0) is 42.8 Å². The number of hydrogen-bond donors (Lipinski definition) is 2. The fourth-order valence-corrected chi connectivity index (χ4v) is 3.92. The second-order valence-electron chi connectivity index (χ2n) is 8.14. The summed E-state index contributed by atoms with van der Waals surface area (Å²) in [7, 11) is 0. The first kappa shape index (κ1) is 25.9. The Morgan fingerprint density at radius 2 is 1.84 bits per heavy atom. The predicted molar refractivity (Wildman–Crippen MR) is 140 cm³/mol. The van der Waals surface area contributed by atoms with Crippen LogP contribution in [-0.2, 0) is 15.1 Å². The Morgan fingerprint density at radius 3 is 2.54 bits per heavy atom. The van der Waals surface area contributed by atoms with Gasteiger partial charge in [0, 0.05) is 16.1 Å². The summed E-state index contributed by atoms with van der Waals surface area (Å²) in [6, 6.07) is 22.1. The van der Waals surface area contributed by atoms with Gasteiger partial charge in [-0.1, -0.05) is 60.1 Å². The Labute approximate surface area is 218 Å². The second-order valence-corrected chi connectivity index (χ2v) is 8.57. The Bertz CT molecular complexity index is 1340. The standard InChI is InChI=1S/C27H25ClN4O5/c1-2-36-23(33)16-37-22-10-6-7-19(15-22)25(34)30-26(29)32-17-27(35,20-8-4-3-5-9-20)24(31-32)18-11-13-21(28)14-12-18/h3-15,35H,2,16-17H2,1H3,(H2,29,30,34). The largest absolute Gasteiger partial charge is 0.482 e. The number of amides is 1. The Hall–Kier alpha value is -4.21. The van der Waals surface area contributed by atoms with E-state index >= 15 is 0 Å². The molecule has 1 amide bonds. The molecule has 0 radical (unpaired) electrons. The van der Waals surface area contributed by atoms with E-state index in [2.05, 4.69) is 10.1 Å². The Balaban J connectivity index is 1.58. The van der Waals surface area contributed by atoms with Gasteiger partial charge < -0.3 is 20.3 Å². The molecule has 3 aromatic carbocycles. The number of hydrazone groups is 1. The molecule has 10 heteroatoms. The molecular formula is C27H25ClN4O5. The van der Waals surface area contributed by atoms with Crippen molar-refractivity contribution in [3.63, 3.8) is 0 Å². The van der Waals surface area contributed by atoms with Gasteiger partial charge >= 0.3 is 5.97 Å². The molecule has 0 aromatic heterocycles. The quantitative estimate of drug-likeness (QED) is 0.278. The summed E-state index contributed by atoms with van der Waals surface area (Å²) in [5.41, 5.74) is 6.45. The number of β-amino-alcohol motifs (C(OH)–C–C–N with tert-alkyl or cyclic N) is 1. The van der Waals surface area contributed by atoms with Gasteiger partial charge in [0.05, 0.1) is 13.2 Å². The zero-order valence-electron chi connectivity index (χ0n) is 20.0. The van der Waals surface area contributed by atoms with Crippen LogP contribution >= 0.6 is 11.6 Å². The van der Waals surface area contributed by atoms with Crippen LogP contribution in [0.3, 0.4) is 0 Å². The monoisotopic (exact) mass is 520 g/mol. The van der Waals surface area contributed by atoms with Crippen molar-refractivity contribution in [2.45, 2.75) is 12.5 Å². The molecule has 3 aromatic rings. The minimum atomic E-state index is -1.51. The number of nitrogens with two attached hydrogens (primary N) is 1. The summed E-state index contributed by atoms with van der Waals surface area (Å²) in [6.07, 6.45) is 0. The average molecular weight is 521 g/mol. The molecule has 1 atom stereocenters. The van der Waals surface area contributed by atoms with Crippen molar-refractivity contribution < 1.29 is 24.2 Å². The van der Waals surface area contributed by atoms with Gasteiger partial charge in [-0.3, -0.25) is 4.79 Å². The third-order valence-electron chi connectivity index (χ3n) is 5.58. The van der Waals surface area contributed by atoms with E-state index in [4.69, 9.17) is 26.8 Å². The van der Waals surface area contributed by atoms with Crippen molar-refractivity contribution in [2.24, 2.45) is 15.8 Å². The fourth-order valence-electron chi connectivity index (χ4n) is 3.80. The van der Waals surface area contributed by atoms with E-state index in [0.717, 1.165) is 0 Å². The van der Waals surface area contributed by atoms with Crippen LogP contribution in [0.2, 0.25) is 5.02 Å². The van der Waals surface area contributed by atoms with E-state index in [1.54, 1.807) is 61.5 Å². The number of carbonyl (C=O) groups excluding carboxylic acids is 2. The molecule has 1 unspecified atom stereocenters. The van der Waals surface area contributed by atoms with Gasteiger partial charge in [0.2, 0.25) is 5.96 Å². The lowest BCUT2D eigenvalue weighted by Crippen LogP contribution is -2.42. The van der Waals surface area contributed by atoms with Gasteiger partial charge in [-0.15, -0.1) is 0 Å². The van der Waals surface area contributed by atoms with Gasteiger partial charge in [0.25, 0.3) is 5.91 Å². The average Bonchev–Trinajstić information content (AvgIpc) is 3.27. The zero-order chi connectivity index (χ0) is 26.4. The zero-order valence-corrected chi connectivity index (χ0v) is 20.8. The van der Waals surface area contributed by atoms with Gasteiger partial charge in [-0.2, -0.15) is 10.1 Å². The molecule has 0 saturated carbocycles. The Kier molecular flexibility index (Phi) is 7.86. The number of halogens is 1. The number of nitrogens with zero attached hydrogens (tertiary/aromatic N) is 3. The smallest absolute Gasteiger partial charge is 0.344 e. The first-order chi connectivity index (χ1) is 17.8. The first-order valence-electron chi connectivity index (χ1n) is 11.5. The van der Waals surface area contributed by atoms with Crippen LogP contribution in [0.15, 0.2) is 89.0 Å². The van der Waals surface area contributed by atoms with E-state index in [1.807, 2.05) is 18.2 Å². The number of rotatable bonds is 7. The summed E-state index contributed by atoms with van der Waals surface area (Å²) in [4.78, 5) is 28.4. The Morgan fingerprint density at radius 1 is 1.11 bits per heavy atom. The topological polar surface area (TPSA) is 127 Å². The van der Waals surface area contributed by atoms with E-state index in [1.165, 1.54) is 11.1 Å². The minimum absolute atomic E-state index is 0.0553. The van der Waals surface area contributed by atoms with Crippen molar-refractivity contribution >= 4 is 35.1 Å². The molecule has 190 valence electrons. The van der Waals surface area contributed by atoms with Crippen molar-refractivity contribution in [3.8, 4) is 5.75 Å². The van der Waals surface area contributed by atoms with Crippen molar-refractivity contribution in [2.75, 3.05) is 19.8 Å². The molecular weight excluding hydrogens is 496 g/mol. The molecule has 0 fully saturated rings. The lowest BCUT2D eigenvalue weighted by Gasteiger charge is -2.25. The number of guanidine groups is 1. The summed E-state index contributed by atoms with van der Waals surface area (Å²) < 4.78 is 10.2. The molecule has 0 aliphatic carbocycles. The summed E-state index contributed by atoms with van der Waals surface area (Å²) >= 11 is 6.04. The molecule has 1 aliphatic heterocycles. The lowest BCUT2D eigenvalue weighted by molar-refractivity contribution is -0.145. The van der Waals surface area contributed by atoms with Crippen LogP contribution in [0.5, 0.6) is 5.75 Å². The molecule has 4 rings (SSSR count). The lowest BCUT2D eigenvalue weighted by atomic mass is 9.86. The van der Waals surface area contributed by atoms with E-state index in [-0.39, 0.29) is 31.3 Å². The normalized spacial score (nSPS) is 17.3. The highest BCUT2D eigenvalue weighted by Crippen LogP contribution is 2.33. The first-order valence-corrected chi connectivity index (χ1v) is 11.9. The highest BCUT2D eigenvalue weighted by molar-refractivity contribution is 6.30. The maximum Gasteiger partial charge on any atom is 0.344 e. The number of carbonyl (C=O) groups is 2. The second kappa shape index (κ2) is 11.2. The SMILES string of the molecule is CCOC(=O)COc1cccc(C(=O)N=C(N)N2CC(O)(c3ccccc3)C(c3ccc(Cl)cc3)=N2)c1. The molecule has 1 heterocycles. The number of aliphatic imine (C=N–C) groups is 1. The van der Waals surface area contributed by atoms with E-state index in [0.29, 0.717) is 27.6 Å². The highest BCUT2D eigenvalue weighted by atomic mass is 35.5. The van der Waals surface area contributed by atoms with Crippen LogP contribution in [0.1, 0.15) is 28.4 Å². The van der Waals surface area contributed by atoms with Crippen LogP contribution in [0.4, 0.5) is 0 Å². The molecule has 37 heavy (non-hydrogen) atoms. The summed E-state index contributed by atoms with van der Waals surface area (Å²) in [5, 5.41) is 18.1. The van der Waals surface area contributed by atoms with E-state index in [9.17, 15) is 14.7 Å². The van der Waals surface area contributed by atoms with Crippen molar-refractivity contribution in [1.82, 2.24) is 5.01 Å². The number of benzene rings is 3. The minimum Gasteiger partial charge on any atom is -0.482 e. The number of aliphatic hydroxyl groups is 1. The number of hydrogen-bond acceptors (Lipinski definition) is 6. The highest BCUT2D eigenvalue weighted by Gasteiger charge is 2.44. The maximum atomic E-state index is 12.9. The van der Waals surface area contributed by atoms with Crippen LogP contribution < -0.4 is 10.5 Å². The molecule has 0 spiro atoms. The van der Waals surface area contributed by atoms with Crippen LogP contribution in [-0.4, -0.2) is 53.4 Å². The fraction of sp³-hybridized carbons (Fsp3) is 0.185. The van der Waals surface area contributed by atoms with Gasteiger partial charge in [0.1, 0.15) is 11.5 Å². The molecule has 0 saturated heterocycles. The van der Waals surface area contributed by atoms with Crippen molar-refractivity contribution in [3.05, 3.63) is 101 Å². The molecule has 3 N–H and O–H groups in total. The number of esters is 1. The molecule has 9 nitrogen and oxygen atoms in total. The summed E-state index contributed by atoms with van der Waals surface area (Å²) in [6.45, 7) is 1.60. The van der Waals surface area contributed by atoms with Crippen molar-refractivity contribution in [1.29, 1.82) is 0 Å². The number of ether oxygens (including phenoxy) is 2. The molecule has 1 aliphatic rings. The summed E-state index contributed by atoms with van der Waals surface area (Å²) in [5.74, 6) is -1.05.